The lowest BCUT2D eigenvalue weighted by Crippen LogP contribution is -2.12. The smallest absolute Gasteiger partial charge is 0.0924 e. The molecule has 2 aromatic rings. The number of aromatic nitrogens is 2. The van der Waals surface area contributed by atoms with Crippen LogP contribution in [0.5, 0.6) is 0 Å². The van der Waals surface area contributed by atoms with Crippen molar-refractivity contribution in [1.29, 1.82) is 5.41 Å². The fourth-order valence-electron chi connectivity index (χ4n) is 1.38. The summed E-state index contributed by atoms with van der Waals surface area (Å²) in [4.78, 5) is 8.78. The molecule has 0 bridgehead atoms. The van der Waals surface area contributed by atoms with E-state index in [1.807, 2.05) is 31.3 Å². The van der Waals surface area contributed by atoms with Crippen LogP contribution in [0.3, 0.4) is 0 Å². The molecule has 0 radical (unpaired) electrons. The molecule has 15 heavy (non-hydrogen) atoms. The number of anilines is 1. The van der Waals surface area contributed by atoms with Crippen LogP contribution in [0.15, 0.2) is 36.8 Å². The highest BCUT2D eigenvalue weighted by Gasteiger charge is 2.01. The summed E-state index contributed by atoms with van der Waals surface area (Å²) in [5, 5.41) is 7.17. The molecule has 0 aliphatic heterocycles. The molecule has 1 heterocycles. The van der Waals surface area contributed by atoms with Gasteiger partial charge < -0.3 is 9.88 Å². The van der Waals surface area contributed by atoms with Gasteiger partial charge in [-0.1, -0.05) is 12.1 Å². The highest BCUT2D eigenvalue weighted by atomic mass is 15.1. The van der Waals surface area contributed by atoms with Gasteiger partial charge in [-0.25, -0.2) is 4.98 Å². The van der Waals surface area contributed by atoms with Crippen molar-refractivity contribution in [2.24, 2.45) is 0 Å². The van der Waals surface area contributed by atoms with Crippen LogP contribution in [0, 0.1) is 5.41 Å². The van der Waals surface area contributed by atoms with E-state index in [2.05, 4.69) is 9.97 Å². The second-order valence-corrected chi connectivity index (χ2v) is 3.26. The summed E-state index contributed by atoms with van der Waals surface area (Å²) < 4.78 is 0. The van der Waals surface area contributed by atoms with Crippen molar-refractivity contribution in [2.75, 3.05) is 11.9 Å². The number of benzene rings is 1. The maximum absolute atomic E-state index is 7.17. The maximum atomic E-state index is 7.17. The Balaban J connectivity index is 2.39. The molecule has 4 nitrogen and oxygen atoms in total. The van der Waals surface area contributed by atoms with Crippen molar-refractivity contribution in [3.05, 3.63) is 36.8 Å². The van der Waals surface area contributed by atoms with E-state index in [1.54, 1.807) is 17.4 Å². The number of hydrogen-bond donors (Lipinski definition) is 2. The summed E-state index contributed by atoms with van der Waals surface area (Å²) in [6, 6.07) is 7.95. The van der Waals surface area contributed by atoms with Gasteiger partial charge >= 0.3 is 0 Å². The molecule has 0 spiro atoms. The van der Waals surface area contributed by atoms with E-state index >= 15 is 0 Å². The van der Waals surface area contributed by atoms with Crippen molar-refractivity contribution >= 4 is 12.0 Å². The number of nitrogens with one attached hydrogen (secondary N) is 2. The average molecular weight is 200 g/mol. The minimum Gasteiger partial charge on any atom is -0.345 e. The van der Waals surface area contributed by atoms with Crippen molar-refractivity contribution in [3.63, 3.8) is 0 Å². The number of imidazole rings is 1. The van der Waals surface area contributed by atoms with Gasteiger partial charge in [0.25, 0.3) is 0 Å². The molecule has 0 atom stereocenters. The van der Waals surface area contributed by atoms with Crippen molar-refractivity contribution in [2.45, 2.75) is 0 Å². The normalized spacial score (nSPS) is 9.93. The second-order valence-electron chi connectivity index (χ2n) is 3.26. The van der Waals surface area contributed by atoms with Gasteiger partial charge in [-0.3, -0.25) is 5.41 Å². The number of H-pyrrole nitrogens is 1. The first-order valence-electron chi connectivity index (χ1n) is 4.63. The van der Waals surface area contributed by atoms with Crippen LogP contribution in [0.25, 0.3) is 11.3 Å². The zero-order valence-electron chi connectivity index (χ0n) is 8.44. The Bertz CT molecular complexity index is 447. The maximum Gasteiger partial charge on any atom is 0.0924 e. The van der Waals surface area contributed by atoms with Gasteiger partial charge in [0.05, 0.1) is 24.6 Å². The van der Waals surface area contributed by atoms with Crippen LogP contribution in [0.1, 0.15) is 0 Å². The third-order valence-corrected chi connectivity index (χ3v) is 2.26. The van der Waals surface area contributed by atoms with E-state index in [9.17, 15) is 0 Å². The van der Waals surface area contributed by atoms with Gasteiger partial charge in [0.2, 0.25) is 0 Å². The van der Waals surface area contributed by atoms with Crippen LogP contribution >= 0.6 is 0 Å². The van der Waals surface area contributed by atoms with Gasteiger partial charge in [0.1, 0.15) is 0 Å². The summed E-state index contributed by atoms with van der Waals surface area (Å²) in [5.74, 6) is 0. The van der Waals surface area contributed by atoms with Crippen LogP contribution in [-0.4, -0.2) is 23.4 Å². The van der Waals surface area contributed by atoms with E-state index in [-0.39, 0.29) is 0 Å². The Kier molecular flexibility index (Phi) is 2.49. The molecule has 1 aromatic heterocycles. The summed E-state index contributed by atoms with van der Waals surface area (Å²) in [5.41, 5.74) is 3.03. The molecule has 0 aliphatic rings. The van der Waals surface area contributed by atoms with E-state index in [0.717, 1.165) is 16.9 Å². The molecule has 0 saturated carbocycles. The topological polar surface area (TPSA) is 55.8 Å². The molecular formula is C11H12N4. The van der Waals surface area contributed by atoms with E-state index < -0.39 is 0 Å². The molecule has 2 rings (SSSR count). The van der Waals surface area contributed by atoms with Gasteiger partial charge in [-0.15, -0.1) is 0 Å². The Hall–Kier alpha value is -2.10. The average Bonchev–Trinajstić information content (AvgIpc) is 2.82. The predicted octanol–water partition coefficient (Wildman–Crippen LogP) is 2.12. The number of hydrogen-bond acceptors (Lipinski definition) is 2. The van der Waals surface area contributed by atoms with Crippen molar-refractivity contribution < 1.29 is 0 Å². The number of nitrogens with zero attached hydrogens (tertiary/aromatic N) is 2. The predicted molar refractivity (Wildman–Crippen MR) is 61.2 cm³/mol. The third kappa shape index (κ3) is 1.88. The first-order chi connectivity index (χ1) is 7.31. The van der Waals surface area contributed by atoms with Crippen molar-refractivity contribution in [3.8, 4) is 11.3 Å². The summed E-state index contributed by atoms with van der Waals surface area (Å²) >= 11 is 0. The molecular weight excluding hydrogens is 188 g/mol. The molecule has 0 amide bonds. The fourth-order valence-corrected chi connectivity index (χ4v) is 1.38. The van der Waals surface area contributed by atoms with Crippen LogP contribution in [0.4, 0.5) is 5.69 Å². The molecule has 0 aliphatic carbocycles. The standard InChI is InChI=1S/C11H12N4/c1-15(7-12)10-4-2-3-9(5-10)11-6-13-8-14-11/h2-8,12H,1H3,(H,13,14). The SMILES string of the molecule is CN(C=N)c1cccc(-c2cnc[nH]2)c1. The van der Waals surface area contributed by atoms with E-state index in [0.29, 0.717) is 0 Å². The third-order valence-electron chi connectivity index (χ3n) is 2.26. The van der Waals surface area contributed by atoms with Gasteiger partial charge in [0, 0.05) is 18.3 Å². The zero-order chi connectivity index (χ0) is 10.7. The highest BCUT2D eigenvalue weighted by molar-refractivity contribution is 5.78. The molecule has 0 fully saturated rings. The van der Waals surface area contributed by atoms with Gasteiger partial charge in [-0.2, -0.15) is 0 Å². The largest absolute Gasteiger partial charge is 0.345 e. The Labute approximate surface area is 88.1 Å². The monoisotopic (exact) mass is 200 g/mol. The highest BCUT2D eigenvalue weighted by Crippen LogP contribution is 2.21. The fraction of sp³-hybridized carbons (Fsp3) is 0.0909. The molecule has 76 valence electrons. The number of rotatable bonds is 3. The quantitative estimate of drug-likeness (QED) is 0.589. The van der Waals surface area contributed by atoms with Crippen molar-refractivity contribution in [1.82, 2.24) is 9.97 Å². The minimum absolute atomic E-state index is 0.982. The Morgan fingerprint density at radius 3 is 3.00 bits per heavy atom. The molecule has 1 aromatic carbocycles. The lowest BCUT2D eigenvalue weighted by atomic mass is 10.1. The second kappa shape index (κ2) is 3.96. The van der Waals surface area contributed by atoms with Crippen LogP contribution in [-0.2, 0) is 0 Å². The lowest BCUT2D eigenvalue weighted by molar-refractivity contribution is 1.27. The van der Waals surface area contributed by atoms with Crippen LogP contribution < -0.4 is 4.90 Å². The lowest BCUT2D eigenvalue weighted by Gasteiger charge is -2.12. The summed E-state index contributed by atoms with van der Waals surface area (Å²) in [7, 11) is 1.85. The van der Waals surface area contributed by atoms with Gasteiger partial charge in [0.15, 0.2) is 0 Å². The van der Waals surface area contributed by atoms with Crippen LogP contribution in [0.2, 0.25) is 0 Å². The first-order valence-corrected chi connectivity index (χ1v) is 4.63. The van der Waals surface area contributed by atoms with E-state index in [1.165, 1.54) is 6.34 Å². The molecule has 2 N–H and O–H groups in total. The molecule has 0 saturated heterocycles. The molecule has 0 unspecified atom stereocenters. The van der Waals surface area contributed by atoms with E-state index in [4.69, 9.17) is 5.41 Å². The number of aromatic amines is 1. The zero-order valence-corrected chi connectivity index (χ0v) is 8.44. The molecule has 4 heteroatoms. The minimum atomic E-state index is 0.982. The Morgan fingerprint density at radius 2 is 2.33 bits per heavy atom. The Morgan fingerprint density at radius 1 is 1.47 bits per heavy atom. The van der Waals surface area contributed by atoms with Gasteiger partial charge in [-0.05, 0) is 12.1 Å². The summed E-state index contributed by atoms with van der Waals surface area (Å²) in [6.07, 6.45) is 4.72. The first kappa shape index (κ1) is 9.45. The summed E-state index contributed by atoms with van der Waals surface area (Å²) in [6.45, 7) is 0.